The van der Waals surface area contributed by atoms with Gasteiger partial charge in [0.15, 0.2) is 5.82 Å². The molecule has 1 heterocycles. The van der Waals surface area contributed by atoms with Crippen LogP contribution in [0.15, 0.2) is 30.5 Å². The van der Waals surface area contributed by atoms with Gasteiger partial charge in [0.1, 0.15) is 34.5 Å². The first-order chi connectivity index (χ1) is 14.3. The lowest BCUT2D eigenvalue weighted by atomic mass is 10.1. The van der Waals surface area contributed by atoms with Gasteiger partial charge in [-0.1, -0.05) is 6.92 Å². The van der Waals surface area contributed by atoms with Gasteiger partial charge in [0, 0.05) is 7.05 Å². The number of benzene rings is 2. The molecule has 0 unspecified atom stereocenters. The molecular formula is C19H18F2N6O2S. The average molecular weight is 432 g/mol. The van der Waals surface area contributed by atoms with Crippen LogP contribution in [0.25, 0.3) is 11.0 Å². The Morgan fingerprint density at radius 3 is 2.57 bits per heavy atom. The maximum Gasteiger partial charge on any atom is 0.232 e. The van der Waals surface area contributed by atoms with E-state index in [0.29, 0.717) is 17.8 Å². The molecule has 3 aromatic rings. The predicted octanol–water partition coefficient (Wildman–Crippen LogP) is 3.72. The standard InChI is InChI=1S/C19H18F2N6O2S/c1-3-8-30(28,29)27-14-5-4-12(20)19(17(14)21)25-13-6-7-15-18(11(13)9-22)26-16(23-2)10-24-15/h4-7,10,25,27H,3,8H2,1-2H3,(H,23,26). The molecule has 0 aliphatic heterocycles. The highest BCUT2D eigenvalue weighted by Crippen LogP contribution is 2.32. The van der Waals surface area contributed by atoms with Crippen molar-refractivity contribution in [2.45, 2.75) is 13.3 Å². The molecule has 0 radical (unpaired) electrons. The third-order valence-corrected chi connectivity index (χ3v) is 5.65. The summed E-state index contributed by atoms with van der Waals surface area (Å²) in [5.74, 6) is -1.87. The van der Waals surface area contributed by atoms with Crippen molar-refractivity contribution in [3.05, 3.63) is 47.7 Å². The minimum atomic E-state index is -3.78. The second kappa shape index (κ2) is 8.46. The Kier molecular flexibility index (Phi) is 5.98. The molecule has 0 spiro atoms. The van der Waals surface area contributed by atoms with Gasteiger partial charge in [-0.15, -0.1) is 0 Å². The summed E-state index contributed by atoms with van der Waals surface area (Å²) in [5.41, 5.74) is -0.191. The molecule has 0 saturated carbocycles. The van der Waals surface area contributed by atoms with E-state index in [0.717, 1.165) is 12.1 Å². The zero-order chi connectivity index (χ0) is 21.9. The largest absolute Gasteiger partial charge is 0.372 e. The van der Waals surface area contributed by atoms with Gasteiger partial charge in [0.25, 0.3) is 0 Å². The number of nitriles is 1. The summed E-state index contributed by atoms with van der Waals surface area (Å²) in [6.45, 7) is 1.67. The summed E-state index contributed by atoms with van der Waals surface area (Å²) in [6, 6.07) is 6.90. The smallest absolute Gasteiger partial charge is 0.232 e. The summed E-state index contributed by atoms with van der Waals surface area (Å²) in [6.07, 6.45) is 1.82. The van der Waals surface area contributed by atoms with Crippen LogP contribution in [-0.4, -0.2) is 31.2 Å². The average Bonchev–Trinajstić information content (AvgIpc) is 2.72. The highest BCUT2D eigenvalue weighted by molar-refractivity contribution is 7.92. The second-order valence-electron chi connectivity index (χ2n) is 6.30. The van der Waals surface area contributed by atoms with Gasteiger partial charge < -0.3 is 10.6 Å². The maximum atomic E-state index is 14.9. The van der Waals surface area contributed by atoms with Crippen LogP contribution in [0.3, 0.4) is 0 Å². The molecule has 0 fully saturated rings. The van der Waals surface area contributed by atoms with E-state index in [9.17, 15) is 22.5 Å². The summed E-state index contributed by atoms with van der Waals surface area (Å²) < 4.78 is 55.3. The lowest BCUT2D eigenvalue weighted by Gasteiger charge is -2.15. The van der Waals surface area contributed by atoms with E-state index in [2.05, 4.69) is 25.3 Å². The molecule has 0 amide bonds. The number of hydrogen-bond donors (Lipinski definition) is 3. The minimum Gasteiger partial charge on any atom is -0.372 e. The minimum absolute atomic E-state index is 0.0351. The molecule has 11 heteroatoms. The number of sulfonamides is 1. The van der Waals surface area contributed by atoms with Crippen molar-refractivity contribution in [3.8, 4) is 6.07 Å². The summed E-state index contributed by atoms with van der Waals surface area (Å²) in [7, 11) is -2.14. The zero-order valence-corrected chi connectivity index (χ0v) is 16.9. The van der Waals surface area contributed by atoms with Crippen molar-refractivity contribution < 1.29 is 17.2 Å². The third-order valence-electron chi connectivity index (χ3n) is 4.17. The molecule has 8 nitrogen and oxygen atoms in total. The maximum absolute atomic E-state index is 14.9. The van der Waals surface area contributed by atoms with E-state index in [-0.39, 0.29) is 22.5 Å². The molecule has 3 N–H and O–H groups in total. The molecule has 3 rings (SSSR count). The second-order valence-corrected chi connectivity index (χ2v) is 8.14. The Bertz CT molecular complexity index is 1260. The normalized spacial score (nSPS) is 11.2. The molecule has 0 atom stereocenters. The van der Waals surface area contributed by atoms with Crippen LogP contribution in [0.5, 0.6) is 0 Å². The SMILES string of the molecule is CCCS(=O)(=O)Nc1ccc(F)c(Nc2ccc3ncc(NC)nc3c2C#N)c1F. The molecular weight excluding hydrogens is 414 g/mol. The number of nitrogens with zero attached hydrogens (tertiary/aromatic N) is 3. The first-order valence-corrected chi connectivity index (χ1v) is 10.6. The monoisotopic (exact) mass is 432 g/mol. The van der Waals surface area contributed by atoms with E-state index < -0.39 is 33.0 Å². The van der Waals surface area contributed by atoms with Gasteiger partial charge in [-0.25, -0.2) is 22.2 Å². The predicted molar refractivity (Wildman–Crippen MR) is 111 cm³/mol. The van der Waals surface area contributed by atoms with Crippen molar-refractivity contribution in [2.24, 2.45) is 0 Å². The Hall–Kier alpha value is -3.52. The Labute approximate surface area is 172 Å². The van der Waals surface area contributed by atoms with Crippen LogP contribution in [0.2, 0.25) is 0 Å². The lowest BCUT2D eigenvalue weighted by molar-refractivity contribution is 0.588. The fourth-order valence-corrected chi connectivity index (χ4v) is 3.92. The number of aromatic nitrogens is 2. The molecule has 1 aromatic heterocycles. The molecule has 0 bridgehead atoms. The van der Waals surface area contributed by atoms with Crippen molar-refractivity contribution in [1.82, 2.24) is 9.97 Å². The fourth-order valence-electron chi connectivity index (χ4n) is 2.78. The molecule has 0 aliphatic rings. The van der Waals surface area contributed by atoms with Gasteiger partial charge in [0.05, 0.1) is 28.8 Å². The van der Waals surface area contributed by atoms with E-state index in [1.165, 1.54) is 12.3 Å². The van der Waals surface area contributed by atoms with Crippen molar-refractivity contribution in [3.63, 3.8) is 0 Å². The van der Waals surface area contributed by atoms with Crippen molar-refractivity contribution in [1.29, 1.82) is 5.26 Å². The van der Waals surface area contributed by atoms with E-state index in [4.69, 9.17) is 0 Å². The lowest BCUT2D eigenvalue weighted by Crippen LogP contribution is -2.17. The van der Waals surface area contributed by atoms with Gasteiger partial charge >= 0.3 is 0 Å². The van der Waals surface area contributed by atoms with Crippen molar-refractivity contribution >= 4 is 43.9 Å². The third kappa shape index (κ3) is 4.23. The Morgan fingerprint density at radius 2 is 1.90 bits per heavy atom. The van der Waals surface area contributed by atoms with Crippen LogP contribution in [0.4, 0.5) is 31.7 Å². The Morgan fingerprint density at radius 1 is 1.17 bits per heavy atom. The highest BCUT2D eigenvalue weighted by Gasteiger charge is 2.20. The summed E-state index contributed by atoms with van der Waals surface area (Å²) in [5, 5.41) is 15.0. The first-order valence-electron chi connectivity index (χ1n) is 8.92. The van der Waals surface area contributed by atoms with E-state index in [1.807, 2.05) is 6.07 Å². The topological polar surface area (TPSA) is 120 Å². The molecule has 0 aliphatic carbocycles. The van der Waals surface area contributed by atoms with E-state index >= 15 is 0 Å². The number of hydrogen-bond acceptors (Lipinski definition) is 7. The molecule has 0 saturated heterocycles. The number of rotatable bonds is 7. The summed E-state index contributed by atoms with van der Waals surface area (Å²) in [4.78, 5) is 8.47. The molecule has 156 valence electrons. The van der Waals surface area contributed by atoms with Gasteiger partial charge in [-0.2, -0.15) is 5.26 Å². The fraction of sp³-hybridized carbons (Fsp3) is 0.211. The van der Waals surface area contributed by atoms with Gasteiger partial charge in [0.2, 0.25) is 10.0 Å². The number of anilines is 4. The number of halogens is 2. The van der Waals surface area contributed by atoms with Crippen LogP contribution in [0, 0.1) is 23.0 Å². The van der Waals surface area contributed by atoms with Crippen molar-refractivity contribution in [2.75, 3.05) is 28.2 Å². The number of nitrogens with one attached hydrogen (secondary N) is 3. The zero-order valence-electron chi connectivity index (χ0n) is 16.1. The van der Waals surface area contributed by atoms with Gasteiger partial charge in [-0.05, 0) is 30.7 Å². The summed E-state index contributed by atoms with van der Waals surface area (Å²) >= 11 is 0. The molecule has 30 heavy (non-hydrogen) atoms. The highest BCUT2D eigenvalue weighted by atomic mass is 32.2. The quantitative estimate of drug-likeness (QED) is 0.520. The van der Waals surface area contributed by atoms with Crippen LogP contribution < -0.4 is 15.4 Å². The first kappa shape index (κ1) is 21.2. The molecule has 2 aromatic carbocycles. The number of fused-ring (bicyclic) bond motifs is 1. The Balaban J connectivity index is 2.07. The van der Waals surface area contributed by atoms with Crippen LogP contribution in [-0.2, 0) is 10.0 Å². The van der Waals surface area contributed by atoms with Gasteiger partial charge in [-0.3, -0.25) is 9.71 Å². The van der Waals surface area contributed by atoms with Crippen LogP contribution in [0.1, 0.15) is 18.9 Å². The van der Waals surface area contributed by atoms with E-state index in [1.54, 1.807) is 20.0 Å². The van der Waals surface area contributed by atoms with Crippen LogP contribution >= 0.6 is 0 Å².